The third kappa shape index (κ3) is 11.0. The van der Waals surface area contributed by atoms with Crippen molar-refractivity contribution >= 4 is 46.1 Å². The highest BCUT2D eigenvalue weighted by Crippen LogP contribution is 2.51. The van der Waals surface area contributed by atoms with Crippen molar-refractivity contribution in [2.45, 2.75) is 109 Å². The smallest absolute Gasteiger partial charge is 0.414 e. The maximum atomic E-state index is 14.6. The average Bonchev–Trinajstić information content (AvgIpc) is 3.13. The second-order valence-corrected chi connectivity index (χ2v) is 25.2. The molecule has 2 amide bonds. The number of anilines is 1. The zero-order chi connectivity index (χ0) is 38.6. The Balaban J connectivity index is 1.90. The van der Waals surface area contributed by atoms with Gasteiger partial charge in [-0.15, -0.1) is 0 Å². The second-order valence-electron chi connectivity index (χ2n) is 14.9. The number of amides is 2. The first-order chi connectivity index (χ1) is 25.4. The quantitative estimate of drug-likeness (QED) is 0.0461. The van der Waals surface area contributed by atoms with E-state index in [4.69, 9.17) is 28.1 Å². The molecule has 1 fully saturated rings. The third-order valence-corrected chi connectivity index (χ3v) is 16.7. The normalized spacial score (nSPS) is 19.9. The lowest BCUT2D eigenvalue weighted by Crippen LogP contribution is -2.67. The molecule has 4 rings (SSSR count). The van der Waals surface area contributed by atoms with E-state index in [-0.39, 0.29) is 25.7 Å². The number of esters is 1. The summed E-state index contributed by atoms with van der Waals surface area (Å²) in [5.74, 6) is -0.160. The largest absolute Gasteiger partial charge is 0.468 e. The van der Waals surface area contributed by atoms with Crippen molar-refractivity contribution in [2.24, 2.45) is 0 Å². The van der Waals surface area contributed by atoms with Gasteiger partial charge < -0.3 is 33.0 Å². The summed E-state index contributed by atoms with van der Waals surface area (Å²) in [7, 11) is -2.24. The highest BCUT2D eigenvalue weighted by atomic mass is 28.4. The predicted octanol–water partition coefficient (Wildman–Crippen LogP) is 8.05. The lowest BCUT2D eigenvalue weighted by molar-refractivity contribution is -0.150. The first-order valence-electron chi connectivity index (χ1n) is 19.1. The lowest BCUT2D eigenvalue weighted by Gasteiger charge is -2.57. The van der Waals surface area contributed by atoms with Gasteiger partial charge in [0.2, 0.25) is 5.91 Å². The van der Waals surface area contributed by atoms with Gasteiger partial charge in [-0.3, -0.25) is 14.5 Å². The number of hydrogen-bond donors (Lipinski definition) is 0. The molecule has 2 heterocycles. The fourth-order valence-corrected chi connectivity index (χ4v) is 10.8. The van der Waals surface area contributed by atoms with Crippen LogP contribution < -0.4 is 9.64 Å². The van der Waals surface area contributed by atoms with Crippen molar-refractivity contribution in [1.29, 1.82) is 0 Å². The van der Waals surface area contributed by atoms with Gasteiger partial charge in [0.25, 0.3) is 0 Å². The molecular formula is C40H60N2O9Si2. The van der Waals surface area contributed by atoms with Gasteiger partial charge in [0.05, 0.1) is 56.7 Å². The standard InChI is InChI=1S/C40H60N2O9Si2/c1-9-48-37(44)27-31-26-35-39(51-53(10-2,11-3)12-4)38(41(31)36(43)21-18-30-16-14-13-15-17-30)33-28-32(50-29-47-23-22-46-5)19-20-34(33)42(35)40(45)49-24-25-52(6,7)8/h13-21,28,31,35,38-39H,9-12,22-27,29H2,1-8H3/b21-18+/t31?,35-,38-,39-/m0/s1. The number of ether oxygens (including phenoxy) is 5. The van der Waals surface area contributed by atoms with E-state index in [1.54, 1.807) is 42.1 Å². The van der Waals surface area contributed by atoms with E-state index in [2.05, 4.69) is 40.4 Å². The van der Waals surface area contributed by atoms with Crippen molar-refractivity contribution < 1.29 is 42.5 Å². The number of carbonyl (C=O) groups excluding carboxylic acids is 3. The number of benzene rings is 2. The number of hydrogen-bond acceptors (Lipinski definition) is 9. The topological polar surface area (TPSA) is 113 Å². The molecule has 0 spiro atoms. The lowest BCUT2D eigenvalue weighted by atomic mass is 9.78. The number of carbonyl (C=O) groups is 3. The van der Waals surface area contributed by atoms with Crippen LogP contribution in [0.2, 0.25) is 43.8 Å². The van der Waals surface area contributed by atoms with E-state index in [1.165, 1.54) is 0 Å². The van der Waals surface area contributed by atoms with Crippen LogP contribution in [0.3, 0.4) is 0 Å². The molecule has 0 radical (unpaired) electrons. The Morgan fingerprint density at radius 2 is 1.62 bits per heavy atom. The summed E-state index contributed by atoms with van der Waals surface area (Å²) in [6, 6.07) is 16.9. The first-order valence-corrected chi connectivity index (χ1v) is 25.3. The van der Waals surface area contributed by atoms with Crippen LogP contribution in [-0.4, -0.2) is 97.8 Å². The Hall–Kier alpha value is -3.50. The van der Waals surface area contributed by atoms with Crippen LogP contribution in [0.5, 0.6) is 5.75 Å². The fraction of sp³-hybridized carbons (Fsp3) is 0.575. The Bertz CT molecular complexity index is 1520. The van der Waals surface area contributed by atoms with Crippen molar-refractivity contribution in [3.05, 3.63) is 65.7 Å². The van der Waals surface area contributed by atoms with Gasteiger partial charge >= 0.3 is 12.1 Å². The molecule has 0 aliphatic carbocycles. The van der Waals surface area contributed by atoms with E-state index >= 15 is 0 Å². The molecule has 11 nitrogen and oxygen atoms in total. The molecular weight excluding hydrogens is 709 g/mol. The van der Waals surface area contributed by atoms with Crippen LogP contribution in [0.1, 0.15) is 57.7 Å². The Kier molecular flexibility index (Phi) is 15.7. The third-order valence-electron chi connectivity index (χ3n) is 10.3. The molecule has 0 aromatic heterocycles. The molecule has 2 aromatic carbocycles. The van der Waals surface area contributed by atoms with Crippen LogP contribution in [0.4, 0.5) is 10.5 Å². The van der Waals surface area contributed by atoms with Crippen molar-refractivity contribution in [2.75, 3.05) is 45.2 Å². The van der Waals surface area contributed by atoms with Crippen LogP contribution in [-0.2, 0) is 33.0 Å². The molecule has 292 valence electrons. The molecule has 53 heavy (non-hydrogen) atoms. The molecule has 1 unspecified atom stereocenters. The highest BCUT2D eigenvalue weighted by Gasteiger charge is 2.56. The van der Waals surface area contributed by atoms with Crippen molar-refractivity contribution in [1.82, 2.24) is 4.90 Å². The van der Waals surface area contributed by atoms with E-state index in [0.29, 0.717) is 43.2 Å². The van der Waals surface area contributed by atoms with Crippen molar-refractivity contribution in [3.8, 4) is 5.75 Å². The molecule has 0 saturated carbocycles. The van der Waals surface area contributed by atoms with Crippen LogP contribution in [0, 0.1) is 0 Å². The maximum absolute atomic E-state index is 14.6. The van der Waals surface area contributed by atoms with Gasteiger partial charge in [0, 0.05) is 32.9 Å². The molecule has 2 aromatic rings. The summed E-state index contributed by atoms with van der Waals surface area (Å²) in [5.41, 5.74) is 2.19. The molecule has 1 saturated heterocycles. The first kappa shape index (κ1) is 42.2. The predicted molar refractivity (Wildman–Crippen MR) is 212 cm³/mol. The van der Waals surface area contributed by atoms with Gasteiger partial charge in [-0.05, 0) is 67.4 Å². The van der Waals surface area contributed by atoms with Gasteiger partial charge in [-0.2, -0.15) is 0 Å². The van der Waals surface area contributed by atoms with Gasteiger partial charge in [-0.25, -0.2) is 4.79 Å². The van der Waals surface area contributed by atoms with Crippen molar-refractivity contribution in [3.63, 3.8) is 0 Å². The number of likely N-dealkylation sites (tertiary alicyclic amines) is 1. The summed E-state index contributed by atoms with van der Waals surface area (Å²) in [6.45, 7) is 16.3. The Morgan fingerprint density at radius 3 is 2.26 bits per heavy atom. The Labute approximate surface area is 318 Å². The molecule has 2 aliphatic rings. The number of fused-ring (bicyclic) bond motifs is 4. The zero-order valence-corrected chi connectivity index (χ0v) is 34.9. The number of rotatable bonds is 19. The summed E-state index contributed by atoms with van der Waals surface area (Å²) in [4.78, 5) is 45.7. The molecule has 2 bridgehead atoms. The number of piperidine rings is 1. The van der Waals surface area contributed by atoms with Crippen LogP contribution >= 0.6 is 0 Å². The molecule has 4 atom stereocenters. The van der Waals surface area contributed by atoms with Gasteiger partial charge in [-0.1, -0.05) is 70.7 Å². The van der Waals surface area contributed by atoms with Gasteiger partial charge in [0.1, 0.15) is 5.75 Å². The summed E-state index contributed by atoms with van der Waals surface area (Å²) < 4.78 is 35.6. The van der Waals surface area contributed by atoms with Crippen LogP contribution in [0.25, 0.3) is 6.08 Å². The number of nitrogens with zero attached hydrogens (tertiary/aromatic N) is 2. The van der Waals surface area contributed by atoms with E-state index in [1.807, 2.05) is 42.5 Å². The molecule has 0 N–H and O–H groups in total. The minimum Gasteiger partial charge on any atom is -0.468 e. The maximum Gasteiger partial charge on any atom is 0.414 e. The monoisotopic (exact) mass is 768 g/mol. The van der Waals surface area contributed by atoms with E-state index in [9.17, 15) is 14.4 Å². The highest BCUT2D eigenvalue weighted by molar-refractivity contribution is 6.76. The zero-order valence-electron chi connectivity index (χ0n) is 32.9. The number of methoxy groups -OCH3 is 1. The minimum absolute atomic E-state index is 0.0106. The summed E-state index contributed by atoms with van der Waals surface area (Å²) in [5, 5.41) is 0. The SMILES string of the molecule is CCOC(=O)CC1C[C@H]2[C@H](O[Si](CC)(CC)CC)[C@H](c3cc(OCOCCOC)ccc3N2C(=O)OCC[Si](C)(C)C)N1C(=O)/C=C/c1ccccc1. The summed E-state index contributed by atoms with van der Waals surface area (Å²) >= 11 is 0. The van der Waals surface area contributed by atoms with Crippen LogP contribution in [0.15, 0.2) is 54.6 Å². The molecule has 13 heteroatoms. The molecule has 2 aliphatic heterocycles. The van der Waals surface area contributed by atoms with Gasteiger partial charge in [0.15, 0.2) is 15.1 Å². The van der Waals surface area contributed by atoms with E-state index < -0.39 is 52.7 Å². The Morgan fingerprint density at radius 1 is 0.906 bits per heavy atom. The second kappa shape index (κ2) is 19.7. The average molecular weight is 769 g/mol. The summed E-state index contributed by atoms with van der Waals surface area (Å²) in [6.07, 6.45) is 2.58. The van der Waals surface area contributed by atoms with E-state index in [0.717, 1.165) is 29.7 Å². The fourth-order valence-electron chi connectivity index (χ4n) is 7.18. The minimum atomic E-state index is -2.34.